The molecule has 1 aromatic heterocycles. The quantitative estimate of drug-likeness (QED) is 0.390. The van der Waals surface area contributed by atoms with Crippen molar-refractivity contribution < 1.29 is 27.9 Å². The minimum atomic E-state index is -3.58. The van der Waals surface area contributed by atoms with Crippen molar-refractivity contribution in [2.45, 2.75) is 108 Å². The molecule has 4 heterocycles. The van der Waals surface area contributed by atoms with Gasteiger partial charge in [0.05, 0.1) is 35.6 Å². The van der Waals surface area contributed by atoms with E-state index in [-0.39, 0.29) is 22.6 Å². The van der Waals surface area contributed by atoms with Gasteiger partial charge in [-0.05, 0) is 76.1 Å². The number of sulfonamides is 1. The second-order valence-corrected chi connectivity index (χ2v) is 16.0. The zero-order chi connectivity index (χ0) is 34.1. The first-order chi connectivity index (χ1) is 23.1. The third-order valence-electron chi connectivity index (χ3n) is 11.2. The minimum absolute atomic E-state index is 0.0467. The number of amides is 2. The first-order valence-corrected chi connectivity index (χ1v) is 19.3. The number of rotatable bonds is 10. The maximum atomic E-state index is 14.0. The van der Waals surface area contributed by atoms with Crippen LogP contribution >= 0.6 is 0 Å². The Bertz CT molecular complexity index is 1560. The van der Waals surface area contributed by atoms with Crippen LogP contribution in [0.1, 0.15) is 81.7 Å². The van der Waals surface area contributed by atoms with Crippen LogP contribution in [0.5, 0.6) is 0 Å². The van der Waals surface area contributed by atoms with E-state index in [1.54, 1.807) is 24.3 Å². The summed E-state index contributed by atoms with van der Waals surface area (Å²) in [6.07, 6.45) is 7.01. The molecular weight excluding hydrogens is 632 g/mol. The summed E-state index contributed by atoms with van der Waals surface area (Å²) in [5.74, 6) is -0.214. The van der Waals surface area contributed by atoms with E-state index in [0.717, 1.165) is 67.6 Å². The first-order valence-electron chi connectivity index (χ1n) is 17.8. The topological polar surface area (TPSA) is 137 Å². The molecule has 1 aliphatic carbocycles. The highest BCUT2D eigenvalue weighted by Gasteiger charge is 2.55. The summed E-state index contributed by atoms with van der Waals surface area (Å²) in [4.78, 5) is 32.3. The summed E-state index contributed by atoms with van der Waals surface area (Å²) in [6, 6.07) is 6.00. The SMILES string of the molecule is CCCCN1C(=O)[C@@H]([C@H](O)C2CCCCC2)NC(=O)C12CCN(Cc1c(C)nn(-c3ccc(S(=O)(=O)N4CCOCC4)cc3)c1C)CC2. The van der Waals surface area contributed by atoms with Crippen LogP contribution < -0.4 is 5.32 Å². The number of aliphatic hydroxyl groups excluding tert-OH is 1. The number of piperidine rings is 1. The smallest absolute Gasteiger partial charge is 0.248 e. The van der Waals surface area contributed by atoms with Gasteiger partial charge in [0, 0.05) is 50.5 Å². The molecule has 0 radical (unpaired) electrons. The van der Waals surface area contributed by atoms with E-state index in [2.05, 4.69) is 17.1 Å². The Labute approximate surface area is 284 Å². The van der Waals surface area contributed by atoms with Crippen molar-refractivity contribution >= 4 is 21.8 Å². The molecule has 3 aliphatic heterocycles. The van der Waals surface area contributed by atoms with Gasteiger partial charge in [-0.2, -0.15) is 9.40 Å². The van der Waals surface area contributed by atoms with Crippen molar-refractivity contribution in [3.8, 4) is 5.69 Å². The van der Waals surface area contributed by atoms with Crippen molar-refractivity contribution in [3.63, 3.8) is 0 Å². The summed E-state index contributed by atoms with van der Waals surface area (Å²) >= 11 is 0. The number of ether oxygens (including phenoxy) is 1. The molecule has 6 rings (SSSR count). The summed E-state index contributed by atoms with van der Waals surface area (Å²) in [7, 11) is -3.58. The van der Waals surface area contributed by atoms with Gasteiger partial charge in [0.1, 0.15) is 11.6 Å². The monoisotopic (exact) mass is 684 g/mol. The Morgan fingerprint density at radius 2 is 1.69 bits per heavy atom. The van der Waals surface area contributed by atoms with Crippen LogP contribution in [0.15, 0.2) is 29.2 Å². The van der Waals surface area contributed by atoms with Crippen LogP contribution in [0.25, 0.3) is 5.69 Å². The lowest BCUT2D eigenvalue weighted by Gasteiger charge is -2.52. The van der Waals surface area contributed by atoms with E-state index >= 15 is 0 Å². The molecule has 0 unspecified atom stereocenters. The lowest BCUT2D eigenvalue weighted by atomic mass is 9.78. The van der Waals surface area contributed by atoms with E-state index in [0.29, 0.717) is 65.3 Å². The molecule has 3 saturated heterocycles. The summed E-state index contributed by atoms with van der Waals surface area (Å²) in [5, 5.41) is 19.1. The Morgan fingerprint density at radius 1 is 1.02 bits per heavy atom. The molecule has 2 aromatic rings. The van der Waals surface area contributed by atoms with Crippen molar-refractivity contribution in [3.05, 3.63) is 41.2 Å². The van der Waals surface area contributed by atoms with E-state index in [9.17, 15) is 23.1 Å². The highest BCUT2D eigenvalue weighted by molar-refractivity contribution is 7.89. The van der Waals surface area contributed by atoms with Crippen LogP contribution in [-0.2, 0) is 30.9 Å². The van der Waals surface area contributed by atoms with Crippen LogP contribution in [0, 0.1) is 19.8 Å². The van der Waals surface area contributed by atoms with Crippen LogP contribution in [-0.4, -0.2) is 113 Å². The number of carbonyl (C=O) groups is 2. The number of likely N-dealkylation sites (tertiary alicyclic amines) is 1. The van der Waals surface area contributed by atoms with Gasteiger partial charge in [0.2, 0.25) is 21.8 Å². The van der Waals surface area contributed by atoms with Gasteiger partial charge in [0.25, 0.3) is 0 Å². The minimum Gasteiger partial charge on any atom is -0.390 e. The molecule has 1 spiro atoms. The van der Waals surface area contributed by atoms with E-state index in [1.165, 1.54) is 4.31 Å². The molecule has 264 valence electrons. The number of piperazine rings is 1. The normalized spacial score (nSPS) is 23.8. The van der Waals surface area contributed by atoms with Gasteiger partial charge >= 0.3 is 0 Å². The van der Waals surface area contributed by atoms with Crippen LogP contribution in [0.3, 0.4) is 0 Å². The second-order valence-electron chi connectivity index (χ2n) is 14.1. The van der Waals surface area contributed by atoms with Gasteiger partial charge in [-0.15, -0.1) is 0 Å². The fourth-order valence-corrected chi connectivity index (χ4v) is 9.52. The number of nitrogens with zero attached hydrogens (tertiary/aromatic N) is 5. The number of carbonyl (C=O) groups excluding carboxylic acids is 2. The average Bonchev–Trinajstić information content (AvgIpc) is 3.39. The molecule has 12 nitrogen and oxygen atoms in total. The molecule has 2 atom stereocenters. The van der Waals surface area contributed by atoms with Gasteiger partial charge in [0.15, 0.2) is 0 Å². The Kier molecular flexibility index (Phi) is 10.6. The van der Waals surface area contributed by atoms with Crippen LogP contribution in [0.4, 0.5) is 0 Å². The maximum Gasteiger partial charge on any atom is 0.248 e. The van der Waals surface area contributed by atoms with Crippen LogP contribution in [0.2, 0.25) is 0 Å². The average molecular weight is 685 g/mol. The number of aryl methyl sites for hydroxylation is 1. The number of benzene rings is 1. The third-order valence-corrected chi connectivity index (χ3v) is 13.1. The van der Waals surface area contributed by atoms with E-state index < -0.39 is 27.7 Å². The standard InChI is InChI=1S/C35H52N6O6S/c1-4-5-17-40-33(43)31(32(42)27-9-7-6-8-10-27)36-34(44)35(40)15-18-38(19-16-35)24-30-25(2)37-41(26(30)3)28-11-13-29(14-12-28)48(45,46)39-20-22-47-23-21-39/h11-14,27,31-32,42H,4-10,15-24H2,1-3H3,(H,36,44)/t31-,32-/m1/s1. The highest BCUT2D eigenvalue weighted by atomic mass is 32.2. The number of morpholine rings is 1. The van der Waals surface area contributed by atoms with Gasteiger partial charge in [-0.25, -0.2) is 13.1 Å². The van der Waals surface area contributed by atoms with Gasteiger partial charge < -0.3 is 20.1 Å². The number of hydrogen-bond donors (Lipinski definition) is 2. The molecule has 1 saturated carbocycles. The van der Waals surface area contributed by atoms with Gasteiger partial charge in [-0.3, -0.25) is 14.5 Å². The molecule has 2 N–H and O–H groups in total. The lowest BCUT2D eigenvalue weighted by Crippen LogP contribution is -2.75. The largest absolute Gasteiger partial charge is 0.390 e. The maximum absolute atomic E-state index is 14.0. The molecule has 4 aliphatic rings. The molecule has 1 aromatic carbocycles. The molecular formula is C35H52N6O6S. The van der Waals surface area contributed by atoms with Gasteiger partial charge in [-0.1, -0.05) is 32.6 Å². The fraction of sp³-hybridized carbons (Fsp3) is 0.686. The zero-order valence-electron chi connectivity index (χ0n) is 28.7. The lowest BCUT2D eigenvalue weighted by molar-refractivity contribution is -0.166. The number of aromatic nitrogens is 2. The Hall–Kier alpha value is -2.84. The Balaban J connectivity index is 1.14. The summed E-state index contributed by atoms with van der Waals surface area (Å²) in [6.45, 7) is 10.1. The van der Waals surface area contributed by atoms with Crippen molar-refractivity contribution in [1.29, 1.82) is 0 Å². The van der Waals surface area contributed by atoms with Crippen molar-refractivity contribution in [1.82, 2.24) is 29.2 Å². The van der Waals surface area contributed by atoms with Crippen molar-refractivity contribution in [2.24, 2.45) is 5.92 Å². The van der Waals surface area contributed by atoms with Crippen molar-refractivity contribution in [2.75, 3.05) is 45.9 Å². The summed E-state index contributed by atoms with van der Waals surface area (Å²) in [5.41, 5.74) is 2.86. The van der Waals surface area contributed by atoms with E-state index in [4.69, 9.17) is 9.84 Å². The molecule has 4 fully saturated rings. The van der Waals surface area contributed by atoms with E-state index in [1.807, 2.05) is 23.4 Å². The molecule has 48 heavy (non-hydrogen) atoms. The second kappa shape index (κ2) is 14.6. The Morgan fingerprint density at radius 3 is 2.33 bits per heavy atom. The predicted octanol–water partition coefficient (Wildman–Crippen LogP) is 2.91. The first kappa shape index (κ1) is 35.0. The number of hydrogen-bond acceptors (Lipinski definition) is 8. The number of unbranched alkanes of at least 4 members (excludes halogenated alkanes) is 1. The number of aliphatic hydroxyl groups is 1. The molecule has 0 bridgehead atoms. The molecule has 13 heteroatoms. The number of nitrogens with one attached hydrogen (secondary N) is 1. The zero-order valence-corrected chi connectivity index (χ0v) is 29.5. The predicted molar refractivity (Wildman–Crippen MR) is 181 cm³/mol. The highest BCUT2D eigenvalue weighted by Crippen LogP contribution is 2.37. The summed E-state index contributed by atoms with van der Waals surface area (Å²) < 4.78 is 34.8. The fourth-order valence-electron chi connectivity index (χ4n) is 8.11. The molecule has 2 amide bonds. The third kappa shape index (κ3) is 6.68.